The first-order chi connectivity index (χ1) is 9.85. The monoisotopic (exact) mass is 314 g/mol. The van der Waals surface area contributed by atoms with Crippen LogP contribution in [0.4, 0.5) is 0 Å². The molecular formula is C14H19ClN2O4. The number of rotatable bonds is 6. The van der Waals surface area contributed by atoms with E-state index in [9.17, 15) is 14.7 Å². The minimum Gasteiger partial charge on any atom is -0.386 e. The van der Waals surface area contributed by atoms with Gasteiger partial charge in [0.15, 0.2) is 0 Å². The maximum Gasteiger partial charge on any atom is 0.309 e. The van der Waals surface area contributed by atoms with E-state index >= 15 is 0 Å². The van der Waals surface area contributed by atoms with Gasteiger partial charge in [-0.1, -0.05) is 29.8 Å². The Bertz CT molecular complexity index is 506. The van der Waals surface area contributed by atoms with Gasteiger partial charge >= 0.3 is 11.8 Å². The second-order valence-corrected chi connectivity index (χ2v) is 5.29. The lowest BCUT2D eigenvalue weighted by Gasteiger charge is -2.22. The van der Waals surface area contributed by atoms with Gasteiger partial charge in [0.05, 0.1) is 6.61 Å². The molecule has 0 aromatic heterocycles. The molecule has 1 aromatic rings. The summed E-state index contributed by atoms with van der Waals surface area (Å²) in [5, 5.41) is 15.1. The van der Waals surface area contributed by atoms with Crippen LogP contribution in [0.5, 0.6) is 0 Å². The number of amides is 2. The zero-order chi connectivity index (χ0) is 15.9. The van der Waals surface area contributed by atoms with Gasteiger partial charge in [0, 0.05) is 25.2 Å². The van der Waals surface area contributed by atoms with Crippen molar-refractivity contribution in [3.05, 3.63) is 34.9 Å². The molecule has 2 amide bonds. The second-order valence-electron chi connectivity index (χ2n) is 4.89. The Morgan fingerprint density at radius 3 is 2.52 bits per heavy atom. The van der Waals surface area contributed by atoms with E-state index < -0.39 is 17.4 Å². The molecule has 6 nitrogen and oxygen atoms in total. The zero-order valence-electron chi connectivity index (χ0n) is 12.0. The predicted molar refractivity (Wildman–Crippen MR) is 78.8 cm³/mol. The average Bonchev–Trinajstić information content (AvgIpc) is 2.43. The fourth-order valence-corrected chi connectivity index (χ4v) is 1.81. The maximum absolute atomic E-state index is 11.6. The van der Waals surface area contributed by atoms with Gasteiger partial charge in [0.1, 0.15) is 5.60 Å². The fourth-order valence-electron chi connectivity index (χ4n) is 1.61. The molecule has 0 saturated heterocycles. The lowest BCUT2D eigenvalue weighted by Crippen LogP contribution is -2.48. The summed E-state index contributed by atoms with van der Waals surface area (Å²) in [5.74, 6) is -1.61. The summed E-state index contributed by atoms with van der Waals surface area (Å²) in [6.45, 7) is 1.62. The maximum atomic E-state index is 11.6. The highest BCUT2D eigenvalue weighted by atomic mass is 35.5. The van der Waals surface area contributed by atoms with Gasteiger partial charge in [0.25, 0.3) is 0 Å². The number of ether oxygens (including phenoxy) is 1. The van der Waals surface area contributed by atoms with Crippen molar-refractivity contribution in [2.45, 2.75) is 19.1 Å². The number of aliphatic hydroxyl groups is 1. The predicted octanol–water partition coefficient (Wildman–Crippen LogP) is 0.470. The molecule has 1 aromatic carbocycles. The zero-order valence-corrected chi connectivity index (χ0v) is 12.7. The molecule has 1 unspecified atom stereocenters. The summed E-state index contributed by atoms with van der Waals surface area (Å²) in [6.07, 6.45) is 0. The summed E-state index contributed by atoms with van der Waals surface area (Å²) >= 11 is 5.94. The Balaban J connectivity index is 2.42. The van der Waals surface area contributed by atoms with Crippen LogP contribution in [0.1, 0.15) is 12.5 Å². The SMILES string of the molecule is COCC(C)(O)CNC(=O)C(=O)NCc1ccccc1Cl. The Labute approximate surface area is 128 Å². The third kappa shape index (κ3) is 6.12. The topological polar surface area (TPSA) is 87.7 Å². The van der Waals surface area contributed by atoms with Crippen LogP contribution < -0.4 is 10.6 Å². The molecule has 0 saturated carbocycles. The minimum absolute atomic E-state index is 0.0501. The third-order valence-corrected chi connectivity index (χ3v) is 3.06. The van der Waals surface area contributed by atoms with Crippen LogP contribution in [0, 0.1) is 0 Å². The number of benzene rings is 1. The smallest absolute Gasteiger partial charge is 0.309 e. The van der Waals surface area contributed by atoms with Crippen LogP contribution in [0.25, 0.3) is 0 Å². The number of hydrogen-bond acceptors (Lipinski definition) is 4. The largest absolute Gasteiger partial charge is 0.386 e. The molecule has 7 heteroatoms. The van der Waals surface area contributed by atoms with Crippen LogP contribution in [0.2, 0.25) is 5.02 Å². The van der Waals surface area contributed by atoms with Crippen LogP contribution >= 0.6 is 11.6 Å². The van der Waals surface area contributed by atoms with E-state index in [1.807, 2.05) is 0 Å². The number of hydrogen-bond donors (Lipinski definition) is 3. The number of carbonyl (C=O) groups excluding carboxylic acids is 2. The summed E-state index contributed by atoms with van der Waals surface area (Å²) in [5.41, 5.74) is -0.514. The van der Waals surface area contributed by atoms with Crippen molar-refractivity contribution >= 4 is 23.4 Å². The highest BCUT2D eigenvalue weighted by molar-refractivity contribution is 6.35. The molecule has 0 bridgehead atoms. The molecule has 1 rings (SSSR count). The van der Waals surface area contributed by atoms with Crippen molar-refractivity contribution in [1.29, 1.82) is 0 Å². The van der Waals surface area contributed by atoms with Gasteiger partial charge in [-0.15, -0.1) is 0 Å². The first-order valence-electron chi connectivity index (χ1n) is 6.36. The average molecular weight is 315 g/mol. The van der Waals surface area contributed by atoms with E-state index in [2.05, 4.69) is 10.6 Å². The number of halogens is 1. The normalized spacial score (nSPS) is 13.3. The Morgan fingerprint density at radius 1 is 1.29 bits per heavy atom. The van der Waals surface area contributed by atoms with Gasteiger partial charge in [-0.2, -0.15) is 0 Å². The van der Waals surface area contributed by atoms with Gasteiger partial charge in [-0.25, -0.2) is 0 Å². The number of methoxy groups -OCH3 is 1. The van der Waals surface area contributed by atoms with E-state index in [4.69, 9.17) is 16.3 Å². The molecule has 116 valence electrons. The van der Waals surface area contributed by atoms with Gasteiger partial charge in [-0.3, -0.25) is 9.59 Å². The molecule has 0 aliphatic rings. The lowest BCUT2D eigenvalue weighted by molar-refractivity contribution is -0.140. The minimum atomic E-state index is -1.23. The molecule has 0 aliphatic carbocycles. The van der Waals surface area contributed by atoms with Crippen LogP contribution in [-0.2, 0) is 20.9 Å². The molecule has 0 aliphatic heterocycles. The number of nitrogens with one attached hydrogen (secondary N) is 2. The van der Waals surface area contributed by atoms with Crippen LogP contribution in [0.15, 0.2) is 24.3 Å². The molecule has 0 radical (unpaired) electrons. The van der Waals surface area contributed by atoms with E-state index in [-0.39, 0.29) is 19.7 Å². The molecule has 0 heterocycles. The third-order valence-electron chi connectivity index (χ3n) is 2.69. The van der Waals surface area contributed by atoms with E-state index in [0.29, 0.717) is 10.6 Å². The summed E-state index contributed by atoms with van der Waals surface area (Å²) < 4.78 is 4.80. The van der Waals surface area contributed by atoms with Crippen molar-refractivity contribution in [1.82, 2.24) is 10.6 Å². The van der Waals surface area contributed by atoms with Crippen molar-refractivity contribution in [3.63, 3.8) is 0 Å². The quantitative estimate of drug-likeness (QED) is 0.666. The molecule has 0 spiro atoms. The highest BCUT2D eigenvalue weighted by Gasteiger charge is 2.23. The van der Waals surface area contributed by atoms with E-state index in [0.717, 1.165) is 0 Å². The summed E-state index contributed by atoms with van der Waals surface area (Å²) in [7, 11) is 1.44. The van der Waals surface area contributed by atoms with Gasteiger partial charge < -0.3 is 20.5 Å². The Morgan fingerprint density at radius 2 is 1.90 bits per heavy atom. The van der Waals surface area contributed by atoms with Gasteiger partial charge in [0.2, 0.25) is 0 Å². The number of carbonyl (C=O) groups is 2. The second kappa shape index (κ2) is 7.97. The van der Waals surface area contributed by atoms with Crippen LogP contribution in [0.3, 0.4) is 0 Å². The fraction of sp³-hybridized carbons (Fsp3) is 0.429. The molecule has 0 fully saturated rings. The lowest BCUT2D eigenvalue weighted by atomic mass is 10.1. The molecule has 21 heavy (non-hydrogen) atoms. The highest BCUT2D eigenvalue weighted by Crippen LogP contribution is 2.14. The summed E-state index contributed by atoms with van der Waals surface area (Å²) in [4.78, 5) is 23.2. The summed E-state index contributed by atoms with van der Waals surface area (Å²) in [6, 6.07) is 7.02. The van der Waals surface area contributed by atoms with E-state index in [1.165, 1.54) is 14.0 Å². The Hall–Kier alpha value is -1.63. The molecular weight excluding hydrogens is 296 g/mol. The van der Waals surface area contributed by atoms with Crippen molar-refractivity contribution in [2.24, 2.45) is 0 Å². The first kappa shape index (κ1) is 17.4. The van der Waals surface area contributed by atoms with Crippen molar-refractivity contribution in [2.75, 3.05) is 20.3 Å². The van der Waals surface area contributed by atoms with Crippen molar-refractivity contribution in [3.8, 4) is 0 Å². The molecule has 1 atom stereocenters. The van der Waals surface area contributed by atoms with Gasteiger partial charge in [-0.05, 0) is 18.6 Å². The Kier molecular flexibility index (Phi) is 6.61. The van der Waals surface area contributed by atoms with Crippen molar-refractivity contribution < 1.29 is 19.4 Å². The molecule has 3 N–H and O–H groups in total. The van der Waals surface area contributed by atoms with E-state index in [1.54, 1.807) is 24.3 Å². The van der Waals surface area contributed by atoms with Crippen LogP contribution in [-0.4, -0.2) is 42.8 Å². The standard InChI is InChI=1S/C14H19ClN2O4/c1-14(20,9-21-2)8-17-13(19)12(18)16-7-10-5-3-4-6-11(10)15/h3-6,20H,7-9H2,1-2H3,(H,16,18)(H,17,19). The first-order valence-corrected chi connectivity index (χ1v) is 6.74.